The summed E-state index contributed by atoms with van der Waals surface area (Å²) < 4.78 is 4.85. The normalized spacial score (nSPS) is 18.0. The van der Waals surface area contributed by atoms with Crippen LogP contribution >= 0.6 is 0 Å². The van der Waals surface area contributed by atoms with E-state index >= 15 is 0 Å². The van der Waals surface area contributed by atoms with Gasteiger partial charge < -0.3 is 20.1 Å². The number of fused-ring (bicyclic) bond motifs is 1. The van der Waals surface area contributed by atoms with Gasteiger partial charge >= 0.3 is 12.1 Å². The number of nitrogens with one attached hydrogen (secondary N) is 2. The number of carboxylic acids is 1. The lowest BCUT2D eigenvalue weighted by Crippen LogP contribution is -2.28. The van der Waals surface area contributed by atoms with Crippen LogP contribution in [0.15, 0.2) is 24.4 Å². The molecule has 3 rings (SSSR count). The second-order valence-electron chi connectivity index (χ2n) is 4.91. The van der Waals surface area contributed by atoms with E-state index in [4.69, 9.17) is 9.84 Å². The summed E-state index contributed by atoms with van der Waals surface area (Å²) in [6.45, 7) is 0.367. The maximum Gasteiger partial charge on any atom is 0.407 e. The lowest BCUT2D eigenvalue weighted by Gasteiger charge is -2.07. The predicted molar refractivity (Wildman–Crippen MR) is 71.6 cm³/mol. The third kappa shape index (κ3) is 2.45. The Morgan fingerprint density at radius 2 is 2.30 bits per heavy atom. The van der Waals surface area contributed by atoms with Gasteiger partial charge in [-0.25, -0.2) is 4.79 Å². The number of rotatable bonds is 4. The molecule has 0 radical (unpaired) electrons. The Kier molecular flexibility index (Phi) is 3.06. The number of aliphatic carboxylic acids is 1. The van der Waals surface area contributed by atoms with Crippen molar-refractivity contribution in [3.63, 3.8) is 0 Å². The van der Waals surface area contributed by atoms with Gasteiger partial charge in [0.2, 0.25) is 0 Å². The second kappa shape index (κ2) is 4.88. The number of carboxylic acid groups (broad SMARTS) is 1. The van der Waals surface area contributed by atoms with Crippen molar-refractivity contribution in [1.82, 2.24) is 10.3 Å². The number of ether oxygens (including phenoxy) is 1. The van der Waals surface area contributed by atoms with Gasteiger partial charge in [0.25, 0.3) is 0 Å². The van der Waals surface area contributed by atoms with Crippen LogP contribution in [0.5, 0.6) is 0 Å². The molecule has 6 heteroatoms. The Morgan fingerprint density at radius 3 is 3.00 bits per heavy atom. The molecule has 2 aromatic rings. The summed E-state index contributed by atoms with van der Waals surface area (Å²) in [4.78, 5) is 24.9. The molecule has 0 aliphatic carbocycles. The Bertz CT molecular complexity index is 677. The number of cyclic esters (lactones) is 1. The maximum absolute atomic E-state index is 11.0. The molecule has 20 heavy (non-hydrogen) atoms. The number of amides is 1. The highest BCUT2D eigenvalue weighted by Crippen LogP contribution is 2.21. The molecule has 1 aliphatic heterocycles. The molecule has 1 aromatic carbocycles. The van der Waals surface area contributed by atoms with E-state index in [0.717, 1.165) is 22.0 Å². The van der Waals surface area contributed by atoms with Crippen molar-refractivity contribution in [3.05, 3.63) is 35.5 Å². The minimum Gasteiger partial charge on any atom is -0.481 e. The van der Waals surface area contributed by atoms with Gasteiger partial charge in [-0.05, 0) is 29.7 Å². The van der Waals surface area contributed by atoms with Crippen molar-refractivity contribution in [1.29, 1.82) is 0 Å². The molecule has 0 unspecified atom stereocenters. The minimum atomic E-state index is -0.854. The van der Waals surface area contributed by atoms with Crippen LogP contribution < -0.4 is 5.32 Å². The van der Waals surface area contributed by atoms with Crippen LogP contribution in [0.25, 0.3) is 10.9 Å². The molecular weight excluding hydrogens is 264 g/mol. The summed E-state index contributed by atoms with van der Waals surface area (Å²) in [6.07, 6.45) is 2.00. The largest absolute Gasteiger partial charge is 0.481 e. The van der Waals surface area contributed by atoms with Crippen molar-refractivity contribution >= 4 is 23.0 Å². The highest BCUT2D eigenvalue weighted by atomic mass is 16.6. The van der Waals surface area contributed by atoms with E-state index in [0.29, 0.717) is 13.0 Å². The van der Waals surface area contributed by atoms with Crippen LogP contribution in [0.2, 0.25) is 0 Å². The third-order valence-electron chi connectivity index (χ3n) is 3.39. The first-order valence-corrected chi connectivity index (χ1v) is 6.36. The predicted octanol–water partition coefficient (Wildman–Crippen LogP) is 1.45. The average molecular weight is 278 g/mol. The van der Waals surface area contributed by atoms with Crippen molar-refractivity contribution in [2.75, 3.05) is 6.61 Å². The molecule has 1 saturated heterocycles. The number of aromatic nitrogens is 1. The molecule has 1 amide bonds. The highest BCUT2D eigenvalue weighted by molar-refractivity contribution is 5.87. The molecule has 1 aromatic heterocycles. The van der Waals surface area contributed by atoms with E-state index < -0.39 is 5.97 Å². The van der Waals surface area contributed by atoms with Crippen LogP contribution in [-0.4, -0.2) is 34.8 Å². The number of hydrogen-bond acceptors (Lipinski definition) is 3. The quantitative estimate of drug-likeness (QED) is 0.738. The Morgan fingerprint density at radius 1 is 1.45 bits per heavy atom. The molecular formula is C14H14N2O4. The Hall–Kier alpha value is -2.50. The van der Waals surface area contributed by atoms with Crippen LogP contribution in [0.3, 0.4) is 0 Å². The SMILES string of the molecule is O=C1N[C@@H](Cc2ccc3[nH][13cH][13c]([13CH2][13C](=O)O)c3c2)CO1. The molecule has 3 N–H and O–H groups in total. The molecule has 1 fully saturated rings. The average Bonchev–Trinajstić information content (AvgIpc) is 2.96. The lowest BCUT2D eigenvalue weighted by molar-refractivity contribution is -0.136. The first-order chi connectivity index (χ1) is 9.61. The number of carbonyl (C=O) groups excluding carboxylic acids is 1. The second-order valence-corrected chi connectivity index (χ2v) is 4.91. The number of alkyl carbamates (subject to hydrolysis) is 1. The number of aromatic amines is 1. The van der Waals surface area contributed by atoms with Gasteiger partial charge in [-0.2, -0.15) is 0 Å². The van der Waals surface area contributed by atoms with Crippen molar-refractivity contribution in [3.8, 4) is 0 Å². The molecule has 0 bridgehead atoms. The summed E-state index contributed by atoms with van der Waals surface area (Å²) >= 11 is 0. The van der Waals surface area contributed by atoms with E-state index in [1.54, 1.807) is 6.20 Å². The molecule has 104 valence electrons. The number of hydrogen-bond donors (Lipinski definition) is 3. The Labute approximate surface area is 114 Å². The highest BCUT2D eigenvalue weighted by Gasteiger charge is 2.22. The van der Waals surface area contributed by atoms with Gasteiger partial charge in [-0.15, -0.1) is 0 Å². The molecule has 0 spiro atoms. The summed E-state index contributed by atoms with van der Waals surface area (Å²) in [7, 11) is 0. The van der Waals surface area contributed by atoms with Crippen LogP contribution in [0.1, 0.15) is 11.1 Å². The van der Waals surface area contributed by atoms with Crippen LogP contribution in [0.4, 0.5) is 4.79 Å². The van der Waals surface area contributed by atoms with E-state index in [1.165, 1.54) is 0 Å². The molecule has 2 heterocycles. The molecule has 6 nitrogen and oxygen atoms in total. The lowest BCUT2D eigenvalue weighted by atomic mass is 10.1. The number of benzene rings is 1. The van der Waals surface area contributed by atoms with E-state index in [-0.39, 0.29) is 18.6 Å². The van der Waals surface area contributed by atoms with Gasteiger partial charge in [-0.3, -0.25) is 4.79 Å². The smallest absolute Gasteiger partial charge is 0.407 e. The first-order valence-electron chi connectivity index (χ1n) is 6.36. The van der Waals surface area contributed by atoms with Gasteiger partial charge in [0.15, 0.2) is 0 Å². The van der Waals surface area contributed by atoms with Crippen molar-refractivity contribution in [2.24, 2.45) is 0 Å². The zero-order chi connectivity index (χ0) is 14.1. The van der Waals surface area contributed by atoms with E-state index in [1.807, 2.05) is 18.2 Å². The van der Waals surface area contributed by atoms with Crippen LogP contribution in [0, 0.1) is 0 Å². The van der Waals surface area contributed by atoms with E-state index in [2.05, 4.69) is 10.3 Å². The fourth-order valence-electron chi connectivity index (χ4n) is 2.48. The van der Waals surface area contributed by atoms with Gasteiger partial charge in [0, 0.05) is 17.1 Å². The van der Waals surface area contributed by atoms with E-state index in [9.17, 15) is 9.59 Å². The zero-order valence-electron chi connectivity index (χ0n) is 10.7. The fraction of sp³-hybridized carbons (Fsp3) is 0.286. The minimum absolute atomic E-state index is 0.00721. The van der Waals surface area contributed by atoms with Gasteiger partial charge in [0.1, 0.15) is 6.61 Å². The molecule has 1 aliphatic rings. The van der Waals surface area contributed by atoms with Crippen LogP contribution in [-0.2, 0) is 22.4 Å². The topological polar surface area (TPSA) is 91.4 Å². The maximum atomic E-state index is 11.0. The third-order valence-corrected chi connectivity index (χ3v) is 3.39. The Balaban J connectivity index is 1.85. The number of carbonyl (C=O) groups is 2. The summed E-state index contributed by atoms with van der Waals surface area (Å²) in [6, 6.07) is 5.83. The molecule has 1 atom stereocenters. The molecule has 0 saturated carbocycles. The van der Waals surface area contributed by atoms with Crippen molar-refractivity contribution < 1.29 is 19.4 Å². The fourth-order valence-corrected chi connectivity index (χ4v) is 2.48. The van der Waals surface area contributed by atoms with Gasteiger partial charge in [-0.1, -0.05) is 6.07 Å². The van der Waals surface area contributed by atoms with Gasteiger partial charge in [0.05, 0.1) is 12.5 Å². The van der Waals surface area contributed by atoms with Crippen molar-refractivity contribution in [2.45, 2.75) is 18.9 Å². The summed E-state index contributed by atoms with van der Waals surface area (Å²) in [5.74, 6) is -0.854. The number of H-pyrrole nitrogens is 1. The monoisotopic (exact) mass is 278 g/mol. The first kappa shape index (κ1) is 12.5. The summed E-state index contributed by atoms with van der Waals surface area (Å²) in [5, 5.41) is 12.5. The summed E-state index contributed by atoms with van der Waals surface area (Å²) in [5.41, 5.74) is 2.72. The standard InChI is InChI=1S/C14H14N2O4/c17-13(18)5-9-6-15-12-2-1-8(4-11(9)12)3-10-7-20-14(19)16-10/h1-2,4,6,10,15H,3,5,7H2,(H,16,19)(H,17,18)/t10-/m0/s1/i5+1,6+1,9+1,13+1. The zero-order valence-corrected chi connectivity index (χ0v) is 10.7.